The normalized spacial score (nSPS) is 10.2. The molecule has 0 bridgehead atoms. The third kappa shape index (κ3) is 3.92. The van der Waals surface area contributed by atoms with Crippen molar-refractivity contribution in [1.82, 2.24) is 4.98 Å². The van der Waals surface area contributed by atoms with E-state index in [9.17, 15) is 13.6 Å². The summed E-state index contributed by atoms with van der Waals surface area (Å²) in [5.74, 6) is -1.99. The number of nitrogens with one attached hydrogen (secondary N) is 2. The minimum absolute atomic E-state index is 0.00600. The molecule has 104 valence electrons. The Morgan fingerprint density at radius 3 is 2.40 bits per heavy atom. The van der Waals surface area contributed by atoms with Crippen LogP contribution in [0.25, 0.3) is 0 Å². The topological polar surface area (TPSA) is 54.0 Å². The molecule has 7 heteroatoms. The van der Waals surface area contributed by atoms with Gasteiger partial charge in [-0.15, -0.1) is 11.8 Å². The summed E-state index contributed by atoms with van der Waals surface area (Å²) in [7, 11) is 0. The fourth-order valence-electron chi connectivity index (χ4n) is 1.53. The fraction of sp³-hybridized carbons (Fsp3) is 0.0769. The number of anilines is 2. The molecule has 0 spiro atoms. The Bertz CT molecular complexity index is 617. The van der Waals surface area contributed by atoms with E-state index < -0.39 is 17.9 Å². The number of carbonyl (C=O) groups excluding carboxylic acids is 1. The number of hydrogen-bond acceptors (Lipinski definition) is 3. The van der Waals surface area contributed by atoms with E-state index in [-0.39, 0.29) is 5.69 Å². The molecular weight excluding hydrogens is 284 g/mol. The van der Waals surface area contributed by atoms with Crippen molar-refractivity contribution in [1.29, 1.82) is 0 Å². The van der Waals surface area contributed by atoms with Gasteiger partial charge in [0.25, 0.3) is 0 Å². The Morgan fingerprint density at radius 1 is 1.10 bits per heavy atom. The summed E-state index contributed by atoms with van der Waals surface area (Å²) in [6.07, 6.45) is 1.92. The molecule has 2 amide bonds. The molecular formula is C13H11F2N3OS. The molecule has 0 saturated carbocycles. The molecule has 0 aliphatic heterocycles. The Balaban J connectivity index is 2.04. The van der Waals surface area contributed by atoms with Gasteiger partial charge in [-0.2, -0.15) is 13.8 Å². The molecule has 1 aromatic carbocycles. The van der Waals surface area contributed by atoms with Gasteiger partial charge in [0.05, 0.1) is 5.69 Å². The lowest BCUT2D eigenvalue weighted by atomic mass is 10.3. The lowest BCUT2D eigenvalue weighted by Gasteiger charge is -2.08. The lowest BCUT2D eigenvalue weighted by molar-refractivity contribution is 0.262. The van der Waals surface area contributed by atoms with Crippen LogP contribution < -0.4 is 10.6 Å². The van der Waals surface area contributed by atoms with Gasteiger partial charge < -0.3 is 10.6 Å². The highest BCUT2D eigenvalue weighted by molar-refractivity contribution is 7.98. The highest BCUT2D eigenvalue weighted by Gasteiger charge is 2.06. The molecule has 2 aromatic rings. The largest absolute Gasteiger partial charge is 0.323 e. The van der Waals surface area contributed by atoms with Crippen LogP contribution in [0.1, 0.15) is 0 Å². The molecule has 4 nitrogen and oxygen atoms in total. The van der Waals surface area contributed by atoms with E-state index in [1.165, 1.54) is 11.8 Å². The second-order valence-corrected chi connectivity index (χ2v) is 4.69. The lowest BCUT2D eigenvalue weighted by Crippen LogP contribution is -2.19. The average Bonchev–Trinajstić information content (AvgIpc) is 2.37. The van der Waals surface area contributed by atoms with Crippen LogP contribution in [-0.2, 0) is 0 Å². The van der Waals surface area contributed by atoms with Crippen LogP contribution in [0.5, 0.6) is 0 Å². The molecule has 0 aliphatic rings. The first-order valence-electron chi connectivity index (χ1n) is 5.62. The maximum absolute atomic E-state index is 12.9. The number of thioether (sulfide) groups is 1. The zero-order valence-electron chi connectivity index (χ0n) is 10.5. The van der Waals surface area contributed by atoms with E-state index in [0.717, 1.165) is 17.0 Å². The number of nitrogens with zero attached hydrogens (tertiary/aromatic N) is 1. The second-order valence-electron chi connectivity index (χ2n) is 3.81. The third-order valence-electron chi connectivity index (χ3n) is 2.35. The SMILES string of the molecule is CSc1cccc(NC(=O)Nc2cc(F)nc(F)c2)c1. The van der Waals surface area contributed by atoms with E-state index in [0.29, 0.717) is 5.69 Å². The van der Waals surface area contributed by atoms with Gasteiger partial charge in [0.1, 0.15) is 0 Å². The summed E-state index contributed by atoms with van der Waals surface area (Å²) >= 11 is 1.54. The molecule has 1 heterocycles. The first-order valence-corrected chi connectivity index (χ1v) is 6.84. The summed E-state index contributed by atoms with van der Waals surface area (Å²) in [4.78, 5) is 15.6. The van der Waals surface area contributed by atoms with Gasteiger partial charge in [-0.05, 0) is 24.5 Å². The zero-order chi connectivity index (χ0) is 14.5. The maximum Gasteiger partial charge on any atom is 0.323 e. The summed E-state index contributed by atoms with van der Waals surface area (Å²) in [6.45, 7) is 0. The summed E-state index contributed by atoms with van der Waals surface area (Å²) < 4.78 is 25.8. The zero-order valence-corrected chi connectivity index (χ0v) is 11.3. The van der Waals surface area contributed by atoms with Crippen LogP contribution in [0.3, 0.4) is 0 Å². The van der Waals surface area contributed by atoms with Crippen molar-refractivity contribution in [2.45, 2.75) is 4.90 Å². The number of pyridine rings is 1. The Labute approximate surface area is 118 Å². The molecule has 20 heavy (non-hydrogen) atoms. The number of aromatic nitrogens is 1. The number of rotatable bonds is 3. The van der Waals surface area contributed by atoms with E-state index >= 15 is 0 Å². The van der Waals surface area contributed by atoms with Crippen molar-refractivity contribution < 1.29 is 13.6 Å². The predicted molar refractivity (Wildman–Crippen MR) is 75.0 cm³/mol. The van der Waals surface area contributed by atoms with Gasteiger partial charge in [-0.3, -0.25) is 0 Å². The molecule has 0 aliphatic carbocycles. The minimum Gasteiger partial charge on any atom is -0.308 e. The smallest absolute Gasteiger partial charge is 0.308 e. The van der Waals surface area contributed by atoms with Crippen LogP contribution in [0.4, 0.5) is 25.0 Å². The van der Waals surface area contributed by atoms with Crippen LogP contribution in [-0.4, -0.2) is 17.3 Å². The molecule has 1 aromatic heterocycles. The predicted octanol–water partition coefficient (Wildman–Crippen LogP) is 3.73. The summed E-state index contributed by atoms with van der Waals surface area (Å²) in [6, 6.07) is 8.48. The number of hydrogen-bond donors (Lipinski definition) is 2. The van der Waals surface area contributed by atoms with Gasteiger partial charge in [-0.25, -0.2) is 4.79 Å². The third-order valence-corrected chi connectivity index (χ3v) is 3.07. The number of amides is 2. The quantitative estimate of drug-likeness (QED) is 0.670. The summed E-state index contributed by atoms with van der Waals surface area (Å²) in [5.41, 5.74) is 0.581. The molecule has 0 unspecified atom stereocenters. The average molecular weight is 295 g/mol. The standard InChI is InChI=1S/C13H11F2N3OS/c1-20-10-4-2-3-8(5-10)16-13(19)17-9-6-11(14)18-12(15)7-9/h2-7H,1H3,(H2,16,17,18,19). The second kappa shape index (κ2) is 6.33. The Kier molecular flexibility index (Phi) is 4.52. The van der Waals surface area contributed by atoms with Crippen molar-refractivity contribution in [3.05, 3.63) is 48.3 Å². The molecule has 0 fully saturated rings. The number of halogens is 2. The van der Waals surface area contributed by atoms with Gasteiger partial charge in [0, 0.05) is 22.7 Å². The van der Waals surface area contributed by atoms with Crippen LogP contribution >= 0.6 is 11.8 Å². The summed E-state index contributed by atoms with van der Waals surface area (Å²) in [5, 5.41) is 4.91. The highest BCUT2D eigenvalue weighted by Crippen LogP contribution is 2.19. The van der Waals surface area contributed by atoms with Gasteiger partial charge >= 0.3 is 6.03 Å². The first kappa shape index (κ1) is 14.3. The number of urea groups is 1. The number of carbonyl (C=O) groups is 1. The maximum atomic E-state index is 12.9. The van der Waals surface area contributed by atoms with Crippen molar-refractivity contribution in [2.75, 3.05) is 16.9 Å². The van der Waals surface area contributed by atoms with Gasteiger partial charge in [0.2, 0.25) is 11.9 Å². The Morgan fingerprint density at radius 2 is 1.75 bits per heavy atom. The van der Waals surface area contributed by atoms with E-state index in [1.54, 1.807) is 18.2 Å². The first-order chi connectivity index (χ1) is 9.56. The van der Waals surface area contributed by atoms with E-state index in [1.807, 2.05) is 12.3 Å². The van der Waals surface area contributed by atoms with Crippen LogP contribution in [0.15, 0.2) is 41.3 Å². The van der Waals surface area contributed by atoms with Crippen molar-refractivity contribution in [3.8, 4) is 0 Å². The van der Waals surface area contributed by atoms with Crippen molar-refractivity contribution in [3.63, 3.8) is 0 Å². The molecule has 2 N–H and O–H groups in total. The van der Waals surface area contributed by atoms with E-state index in [2.05, 4.69) is 15.6 Å². The Hall–Kier alpha value is -2.15. The van der Waals surface area contributed by atoms with Crippen LogP contribution in [0, 0.1) is 11.9 Å². The molecule has 0 saturated heterocycles. The molecule has 0 atom stereocenters. The van der Waals surface area contributed by atoms with Crippen molar-refractivity contribution in [2.24, 2.45) is 0 Å². The monoisotopic (exact) mass is 295 g/mol. The number of benzene rings is 1. The van der Waals surface area contributed by atoms with Gasteiger partial charge in [-0.1, -0.05) is 6.07 Å². The van der Waals surface area contributed by atoms with Crippen LogP contribution in [0.2, 0.25) is 0 Å². The van der Waals surface area contributed by atoms with E-state index in [4.69, 9.17) is 0 Å². The molecule has 0 radical (unpaired) electrons. The highest BCUT2D eigenvalue weighted by atomic mass is 32.2. The van der Waals surface area contributed by atoms with Crippen molar-refractivity contribution >= 4 is 29.2 Å². The molecule has 2 rings (SSSR count). The minimum atomic E-state index is -0.996. The van der Waals surface area contributed by atoms with Gasteiger partial charge in [0.15, 0.2) is 0 Å². The fourth-order valence-corrected chi connectivity index (χ4v) is 1.99.